The third kappa shape index (κ3) is 1.38. The number of nitrogens with one attached hydrogen (secondary N) is 1. The van der Waals surface area contributed by atoms with Gasteiger partial charge in [-0.25, -0.2) is 0 Å². The molecule has 0 unspecified atom stereocenters. The van der Waals surface area contributed by atoms with E-state index in [1.54, 1.807) is 7.11 Å². The van der Waals surface area contributed by atoms with Gasteiger partial charge in [-0.3, -0.25) is 9.69 Å². The minimum absolute atomic E-state index is 0.00114. The third-order valence-electron chi connectivity index (χ3n) is 8.60. The number of piperidine rings is 1. The molecule has 3 aliphatic heterocycles. The largest absolute Gasteiger partial charge is 0.469 e. The molecule has 0 amide bonds. The van der Waals surface area contributed by atoms with Crippen LogP contribution in [-0.2, 0) is 14.9 Å². The molecule has 5 atom stereocenters. The van der Waals surface area contributed by atoms with E-state index >= 15 is 0 Å². The van der Waals surface area contributed by atoms with Crippen LogP contribution < -0.4 is 5.32 Å². The Morgan fingerprint density at radius 1 is 1.20 bits per heavy atom. The van der Waals surface area contributed by atoms with Crippen LogP contribution in [0.4, 0.5) is 5.69 Å². The smallest absolute Gasteiger partial charge is 0.311 e. The summed E-state index contributed by atoms with van der Waals surface area (Å²) < 4.78 is 5.33. The summed E-state index contributed by atoms with van der Waals surface area (Å²) in [5, 5.41) is 3.92. The molecule has 3 saturated carbocycles. The molecule has 5 fully saturated rings. The lowest BCUT2D eigenvalue weighted by Gasteiger charge is -2.69. The Hall–Kier alpha value is -1.55. The fourth-order valence-corrected chi connectivity index (χ4v) is 8.03. The summed E-state index contributed by atoms with van der Waals surface area (Å²) in [7, 11) is 1.56. The molecule has 2 bridgehead atoms. The zero-order chi connectivity index (χ0) is 16.9. The predicted octanol–water partition coefficient (Wildman–Crippen LogP) is 2.93. The maximum atomic E-state index is 12.9. The minimum Gasteiger partial charge on any atom is -0.469 e. The number of nitrogens with zero attached hydrogens (tertiary/aromatic N) is 1. The summed E-state index contributed by atoms with van der Waals surface area (Å²) >= 11 is 0. The maximum absolute atomic E-state index is 12.9. The molecule has 3 aliphatic carbocycles. The van der Waals surface area contributed by atoms with E-state index < -0.39 is 0 Å². The van der Waals surface area contributed by atoms with Gasteiger partial charge in [0.1, 0.15) is 0 Å². The molecule has 0 aromatic heterocycles. The van der Waals surface area contributed by atoms with Gasteiger partial charge in [0.15, 0.2) is 0 Å². The number of benzene rings is 1. The Kier molecular flexibility index (Phi) is 2.57. The molecular formula is C21H26N2O2. The van der Waals surface area contributed by atoms with Gasteiger partial charge in [0, 0.05) is 17.1 Å². The first-order valence-electron chi connectivity index (χ1n) is 9.87. The number of hydrogen-bond donors (Lipinski definition) is 1. The Labute approximate surface area is 148 Å². The van der Waals surface area contributed by atoms with Crippen molar-refractivity contribution < 1.29 is 9.53 Å². The molecule has 2 saturated heterocycles. The standard InChI is InChI=1S/C21H26N2O2/c1-25-17(24)15-13-19-7-4-11-23-12-10-20(18(19)23)14-5-2-3-6-16(14)22-21(15,20)9-8-19/h2-3,5-6,15,18,22H,4,7-13H2,1H3/t15-,18-,19+,20+,21+/m1/s1. The number of rotatable bonds is 1. The van der Waals surface area contributed by atoms with Crippen molar-refractivity contribution in [3.05, 3.63) is 29.8 Å². The second-order valence-corrected chi connectivity index (χ2v) is 9.05. The Morgan fingerprint density at radius 2 is 2.08 bits per heavy atom. The maximum Gasteiger partial charge on any atom is 0.311 e. The van der Waals surface area contributed by atoms with Crippen LogP contribution in [0.3, 0.4) is 0 Å². The van der Waals surface area contributed by atoms with Gasteiger partial charge in [-0.2, -0.15) is 0 Å². The van der Waals surface area contributed by atoms with Gasteiger partial charge in [0.05, 0.1) is 18.6 Å². The second kappa shape index (κ2) is 4.40. The number of esters is 1. The van der Waals surface area contributed by atoms with Crippen molar-refractivity contribution in [3.8, 4) is 0 Å². The summed E-state index contributed by atoms with van der Waals surface area (Å²) in [6, 6.07) is 9.45. The average molecular weight is 338 g/mol. The van der Waals surface area contributed by atoms with Gasteiger partial charge in [-0.15, -0.1) is 0 Å². The lowest BCUT2D eigenvalue weighted by Crippen LogP contribution is -2.76. The zero-order valence-corrected chi connectivity index (χ0v) is 14.9. The Bertz CT molecular complexity index is 779. The molecule has 7 rings (SSSR count). The molecule has 3 heterocycles. The third-order valence-corrected chi connectivity index (χ3v) is 8.60. The number of anilines is 1. The van der Waals surface area contributed by atoms with Crippen LogP contribution in [0.5, 0.6) is 0 Å². The predicted molar refractivity (Wildman–Crippen MR) is 95.5 cm³/mol. The summed E-state index contributed by atoms with van der Waals surface area (Å²) in [6.45, 7) is 2.41. The first-order chi connectivity index (χ1) is 12.2. The number of hydrogen-bond acceptors (Lipinski definition) is 4. The molecule has 4 heteroatoms. The van der Waals surface area contributed by atoms with Gasteiger partial charge in [-0.05, 0) is 68.7 Å². The molecule has 6 aliphatic rings. The topological polar surface area (TPSA) is 41.6 Å². The van der Waals surface area contributed by atoms with E-state index in [1.807, 2.05) is 0 Å². The SMILES string of the molecule is COC(=O)[C@H]1C[C@]23CCCN4CC[C@]5(c6ccccc6N[C@@]15CC2)[C@H]43. The van der Waals surface area contributed by atoms with E-state index in [0.717, 1.165) is 12.8 Å². The van der Waals surface area contributed by atoms with E-state index in [2.05, 4.69) is 34.5 Å². The number of carbonyl (C=O) groups excluding carboxylic acids is 1. The highest BCUT2D eigenvalue weighted by Gasteiger charge is 2.78. The number of carbonyl (C=O) groups is 1. The van der Waals surface area contributed by atoms with Crippen LogP contribution in [0.2, 0.25) is 0 Å². The summed E-state index contributed by atoms with van der Waals surface area (Å²) in [6.07, 6.45) is 7.10. The van der Waals surface area contributed by atoms with E-state index in [0.29, 0.717) is 11.5 Å². The monoisotopic (exact) mass is 338 g/mol. The lowest BCUT2D eigenvalue weighted by molar-refractivity contribution is -0.171. The van der Waals surface area contributed by atoms with Gasteiger partial charge < -0.3 is 10.1 Å². The van der Waals surface area contributed by atoms with E-state index in [4.69, 9.17) is 4.74 Å². The molecule has 1 aromatic rings. The van der Waals surface area contributed by atoms with Gasteiger partial charge >= 0.3 is 5.97 Å². The zero-order valence-electron chi connectivity index (χ0n) is 14.9. The fraction of sp³-hybridized carbons (Fsp3) is 0.667. The number of methoxy groups -OCH3 is 1. The summed E-state index contributed by atoms with van der Waals surface area (Å²) in [5.41, 5.74) is 2.97. The van der Waals surface area contributed by atoms with Crippen LogP contribution in [0.1, 0.15) is 44.1 Å². The fourth-order valence-electron chi connectivity index (χ4n) is 8.03. The number of para-hydroxylation sites is 1. The van der Waals surface area contributed by atoms with Crippen molar-refractivity contribution in [1.82, 2.24) is 4.90 Å². The highest BCUT2D eigenvalue weighted by Crippen LogP contribution is 2.74. The highest BCUT2D eigenvalue weighted by atomic mass is 16.5. The Balaban J connectivity index is 1.65. The normalized spacial score (nSPS) is 46.1. The van der Waals surface area contributed by atoms with Crippen LogP contribution in [-0.4, -0.2) is 42.6 Å². The van der Waals surface area contributed by atoms with Gasteiger partial charge in [-0.1, -0.05) is 18.2 Å². The molecule has 4 nitrogen and oxygen atoms in total. The average Bonchev–Trinajstić information content (AvgIpc) is 3.19. The Morgan fingerprint density at radius 3 is 2.96 bits per heavy atom. The molecule has 1 N–H and O–H groups in total. The van der Waals surface area contributed by atoms with Crippen LogP contribution in [0.15, 0.2) is 24.3 Å². The van der Waals surface area contributed by atoms with Crippen molar-refractivity contribution in [1.29, 1.82) is 0 Å². The van der Waals surface area contributed by atoms with Crippen LogP contribution >= 0.6 is 0 Å². The number of fused-ring (bicyclic) bond motifs is 3. The van der Waals surface area contributed by atoms with Crippen molar-refractivity contribution in [2.75, 3.05) is 25.5 Å². The minimum atomic E-state index is -0.151. The van der Waals surface area contributed by atoms with Crippen molar-refractivity contribution >= 4 is 11.7 Å². The van der Waals surface area contributed by atoms with Crippen molar-refractivity contribution in [3.63, 3.8) is 0 Å². The summed E-state index contributed by atoms with van der Waals surface area (Å²) in [5.74, 6) is -0.0193. The first kappa shape index (κ1) is 14.6. The number of ether oxygens (including phenoxy) is 1. The molecular weight excluding hydrogens is 312 g/mol. The van der Waals surface area contributed by atoms with Crippen LogP contribution in [0.25, 0.3) is 0 Å². The van der Waals surface area contributed by atoms with Crippen molar-refractivity contribution in [2.45, 2.75) is 55.5 Å². The summed E-state index contributed by atoms with van der Waals surface area (Å²) in [4.78, 5) is 15.7. The second-order valence-electron chi connectivity index (χ2n) is 9.05. The van der Waals surface area contributed by atoms with E-state index in [1.165, 1.54) is 50.0 Å². The molecule has 0 radical (unpaired) electrons. The quantitative estimate of drug-likeness (QED) is 0.800. The molecule has 25 heavy (non-hydrogen) atoms. The molecule has 132 valence electrons. The first-order valence-corrected chi connectivity index (χ1v) is 9.87. The van der Waals surface area contributed by atoms with E-state index in [-0.39, 0.29) is 22.8 Å². The molecule has 3 spiro atoms. The van der Waals surface area contributed by atoms with Gasteiger partial charge in [0.25, 0.3) is 0 Å². The highest BCUT2D eigenvalue weighted by molar-refractivity contribution is 5.80. The van der Waals surface area contributed by atoms with Gasteiger partial charge in [0.2, 0.25) is 0 Å². The van der Waals surface area contributed by atoms with Crippen LogP contribution in [0, 0.1) is 11.3 Å². The van der Waals surface area contributed by atoms with E-state index in [9.17, 15) is 4.79 Å². The lowest BCUT2D eigenvalue weighted by atomic mass is 9.39. The molecule has 1 aromatic carbocycles. The van der Waals surface area contributed by atoms with Crippen molar-refractivity contribution in [2.24, 2.45) is 11.3 Å².